The number of fused-ring (bicyclic) bond motifs is 2. The van der Waals surface area contributed by atoms with Gasteiger partial charge in [-0.3, -0.25) is 19.2 Å². The van der Waals surface area contributed by atoms with E-state index in [-0.39, 0.29) is 29.3 Å². The van der Waals surface area contributed by atoms with Crippen molar-refractivity contribution >= 4 is 34.8 Å². The molecule has 0 bridgehead atoms. The summed E-state index contributed by atoms with van der Waals surface area (Å²) in [6.07, 6.45) is 3.08. The number of rotatable bonds is 3. The Labute approximate surface area is 188 Å². The molecular formula is C26H30N2O4. The molecule has 2 aliphatic carbocycles. The topological polar surface area (TPSA) is 92.3 Å². The number of anilines is 2. The van der Waals surface area contributed by atoms with Crippen LogP contribution >= 0.6 is 0 Å². The fraction of sp³-hybridized carbons (Fsp3) is 0.385. The highest BCUT2D eigenvalue weighted by molar-refractivity contribution is 6.04. The minimum absolute atomic E-state index is 0.0792. The van der Waals surface area contributed by atoms with Crippen molar-refractivity contribution in [1.29, 1.82) is 0 Å². The molecular weight excluding hydrogens is 404 g/mol. The summed E-state index contributed by atoms with van der Waals surface area (Å²) in [4.78, 5) is 45.5. The lowest BCUT2D eigenvalue weighted by Crippen LogP contribution is -2.08. The summed E-state index contributed by atoms with van der Waals surface area (Å²) >= 11 is 0. The second kappa shape index (κ2) is 9.47. The van der Waals surface area contributed by atoms with Gasteiger partial charge in [0, 0.05) is 48.7 Å². The van der Waals surface area contributed by atoms with E-state index in [4.69, 9.17) is 0 Å². The summed E-state index contributed by atoms with van der Waals surface area (Å²) < 4.78 is 0. The van der Waals surface area contributed by atoms with Crippen LogP contribution in [0.25, 0.3) is 0 Å². The summed E-state index contributed by atoms with van der Waals surface area (Å²) in [5.74, 6) is 0.422. The molecule has 2 aromatic rings. The van der Waals surface area contributed by atoms with Crippen LogP contribution in [0.15, 0.2) is 24.3 Å². The largest absolute Gasteiger partial charge is 0.326 e. The van der Waals surface area contributed by atoms with E-state index in [1.165, 1.54) is 13.8 Å². The minimum Gasteiger partial charge on any atom is -0.326 e. The van der Waals surface area contributed by atoms with Crippen molar-refractivity contribution in [3.05, 3.63) is 57.6 Å². The zero-order valence-electron chi connectivity index (χ0n) is 19.3. The van der Waals surface area contributed by atoms with E-state index >= 15 is 0 Å². The summed E-state index contributed by atoms with van der Waals surface area (Å²) in [5, 5.41) is 5.57. The van der Waals surface area contributed by atoms with Gasteiger partial charge in [0.05, 0.1) is 0 Å². The van der Waals surface area contributed by atoms with Crippen molar-refractivity contribution in [2.75, 3.05) is 10.6 Å². The van der Waals surface area contributed by atoms with Gasteiger partial charge in [0.25, 0.3) is 0 Å². The molecule has 2 aliphatic rings. The first-order valence-electron chi connectivity index (χ1n) is 11.0. The first-order valence-corrected chi connectivity index (χ1v) is 11.0. The number of nitrogens with one attached hydrogen (secondary N) is 2. The summed E-state index contributed by atoms with van der Waals surface area (Å²) in [5.41, 5.74) is 7.54. The Kier molecular flexibility index (Phi) is 6.92. The third kappa shape index (κ3) is 4.64. The van der Waals surface area contributed by atoms with Crippen LogP contribution in [0.1, 0.15) is 76.6 Å². The van der Waals surface area contributed by atoms with E-state index in [0.717, 1.165) is 64.0 Å². The number of carbonyl (C=O) groups is 4. The molecule has 1 atom stereocenters. The molecule has 0 aromatic heterocycles. The minimum atomic E-state index is -0.0811. The van der Waals surface area contributed by atoms with Crippen LogP contribution in [0.2, 0.25) is 0 Å². The molecule has 2 aromatic carbocycles. The van der Waals surface area contributed by atoms with Gasteiger partial charge in [0.2, 0.25) is 11.8 Å². The standard InChI is InChI=1S/C14H17NO2.C12H13NO2/c1-4-10-7-12-8(2)13(15-9(3)16)6-5-11(12)14(10)17;1-7-9-4-6-12(15)10(9)3-5-11(7)13-8(2)14/h5-6,10H,4,7H2,1-3H3,(H,15,16);3,5H,4,6H2,1-2H3,(H,13,14). The first kappa shape index (κ1) is 23.4. The molecule has 2 amide bonds. The quantitative estimate of drug-likeness (QED) is 0.726. The van der Waals surface area contributed by atoms with Gasteiger partial charge in [-0.05, 0) is 79.6 Å². The van der Waals surface area contributed by atoms with E-state index in [9.17, 15) is 19.2 Å². The van der Waals surface area contributed by atoms with E-state index in [1.54, 1.807) is 6.07 Å². The molecule has 0 spiro atoms. The second-order valence-electron chi connectivity index (χ2n) is 8.49. The van der Waals surface area contributed by atoms with E-state index in [1.807, 2.05) is 39.0 Å². The number of Topliss-reactive ketones (excluding diaryl/α,β-unsaturated/α-hetero) is 2. The second-order valence-corrected chi connectivity index (χ2v) is 8.49. The number of hydrogen-bond donors (Lipinski definition) is 2. The Bertz CT molecular complexity index is 1120. The monoisotopic (exact) mass is 434 g/mol. The maximum absolute atomic E-state index is 12.0. The molecule has 6 nitrogen and oxygen atoms in total. The molecule has 6 heteroatoms. The number of amides is 2. The predicted molar refractivity (Wildman–Crippen MR) is 125 cm³/mol. The lowest BCUT2D eigenvalue weighted by molar-refractivity contribution is -0.115. The van der Waals surface area contributed by atoms with Gasteiger partial charge < -0.3 is 10.6 Å². The molecule has 0 fully saturated rings. The Morgan fingerprint density at radius 3 is 1.91 bits per heavy atom. The highest BCUT2D eigenvalue weighted by atomic mass is 16.2. The molecule has 4 rings (SSSR count). The summed E-state index contributed by atoms with van der Waals surface area (Å²) in [6.45, 7) is 8.93. The predicted octanol–water partition coefficient (Wildman–Crippen LogP) is 4.80. The van der Waals surface area contributed by atoms with E-state index in [0.29, 0.717) is 6.42 Å². The van der Waals surface area contributed by atoms with Crippen LogP contribution in [0, 0.1) is 19.8 Å². The molecule has 168 valence electrons. The zero-order chi connectivity index (χ0) is 23.6. The maximum Gasteiger partial charge on any atom is 0.221 e. The third-order valence-corrected chi connectivity index (χ3v) is 6.30. The van der Waals surface area contributed by atoms with Gasteiger partial charge in [-0.1, -0.05) is 6.92 Å². The lowest BCUT2D eigenvalue weighted by atomic mass is 10.0. The van der Waals surface area contributed by atoms with Crippen LogP contribution in [-0.4, -0.2) is 23.4 Å². The molecule has 2 N–H and O–H groups in total. The van der Waals surface area contributed by atoms with Crippen LogP contribution in [0.4, 0.5) is 11.4 Å². The Morgan fingerprint density at radius 1 is 0.844 bits per heavy atom. The van der Waals surface area contributed by atoms with Crippen molar-refractivity contribution in [3.63, 3.8) is 0 Å². The van der Waals surface area contributed by atoms with Crippen molar-refractivity contribution in [2.45, 2.75) is 60.3 Å². The maximum atomic E-state index is 12.0. The highest BCUT2D eigenvalue weighted by Gasteiger charge is 2.30. The van der Waals surface area contributed by atoms with Crippen LogP contribution in [-0.2, 0) is 22.4 Å². The normalized spacial score (nSPS) is 16.1. The smallest absolute Gasteiger partial charge is 0.221 e. The molecule has 1 unspecified atom stereocenters. The highest BCUT2D eigenvalue weighted by Crippen LogP contribution is 2.34. The SMILES string of the molecule is CC(=O)Nc1ccc2c(c1C)CCC2=O.CCC1Cc2c(ccc(NC(C)=O)c2C)C1=O. The fourth-order valence-corrected chi connectivity index (χ4v) is 4.50. The average molecular weight is 435 g/mol. The summed E-state index contributed by atoms with van der Waals surface area (Å²) in [6, 6.07) is 7.28. The first-order chi connectivity index (χ1) is 15.1. The number of carbonyl (C=O) groups excluding carboxylic acids is 4. The van der Waals surface area contributed by atoms with Crippen LogP contribution in [0.3, 0.4) is 0 Å². The van der Waals surface area contributed by atoms with Crippen molar-refractivity contribution in [2.24, 2.45) is 5.92 Å². The van der Waals surface area contributed by atoms with Gasteiger partial charge in [0.15, 0.2) is 11.6 Å². The van der Waals surface area contributed by atoms with Gasteiger partial charge in [-0.25, -0.2) is 0 Å². The Morgan fingerprint density at radius 2 is 1.38 bits per heavy atom. The van der Waals surface area contributed by atoms with Gasteiger partial charge in [-0.2, -0.15) is 0 Å². The average Bonchev–Trinajstić information content (AvgIpc) is 3.27. The van der Waals surface area contributed by atoms with Crippen LogP contribution < -0.4 is 10.6 Å². The van der Waals surface area contributed by atoms with Crippen molar-refractivity contribution in [1.82, 2.24) is 0 Å². The lowest BCUT2D eigenvalue weighted by Gasteiger charge is -2.10. The molecule has 0 radical (unpaired) electrons. The molecule has 0 saturated carbocycles. The Hall–Kier alpha value is -3.28. The van der Waals surface area contributed by atoms with Gasteiger partial charge in [0.1, 0.15) is 0 Å². The number of benzene rings is 2. The van der Waals surface area contributed by atoms with Crippen LogP contribution in [0.5, 0.6) is 0 Å². The Balaban J connectivity index is 0.000000182. The van der Waals surface area contributed by atoms with Gasteiger partial charge in [-0.15, -0.1) is 0 Å². The number of hydrogen-bond acceptors (Lipinski definition) is 4. The van der Waals surface area contributed by atoms with E-state index in [2.05, 4.69) is 10.6 Å². The van der Waals surface area contributed by atoms with Crippen molar-refractivity contribution < 1.29 is 19.2 Å². The fourth-order valence-electron chi connectivity index (χ4n) is 4.50. The molecule has 0 aliphatic heterocycles. The molecule has 0 heterocycles. The third-order valence-electron chi connectivity index (χ3n) is 6.30. The summed E-state index contributed by atoms with van der Waals surface area (Å²) in [7, 11) is 0. The van der Waals surface area contributed by atoms with Crippen molar-refractivity contribution in [3.8, 4) is 0 Å². The molecule has 0 saturated heterocycles. The number of ketones is 2. The molecule has 32 heavy (non-hydrogen) atoms. The van der Waals surface area contributed by atoms with Gasteiger partial charge >= 0.3 is 0 Å². The zero-order valence-corrected chi connectivity index (χ0v) is 19.3. The van der Waals surface area contributed by atoms with E-state index < -0.39 is 0 Å².